The standard InChI is InChI=1S/C28H31F6N3O5S/c1-16-7-5-6-8-22(16)24-23-13-19(15-42-43(4,40)41)25(38)36(23)9-10-37(24)26(39)35(3)17(2)18-11-20(27(29,30)31)14-21(12-18)28(32,33)34/h5-8,11-12,14,17,19,23-24H,9-10,13,15H2,1-4H3/t17-,19?,23?,24?/m1/s1. The number of carbonyl (C=O) groups is 2. The maximum Gasteiger partial charge on any atom is 0.416 e. The normalized spacial score (nSPS) is 22.0. The second-order valence-electron chi connectivity index (χ2n) is 10.9. The van der Waals surface area contributed by atoms with Crippen molar-refractivity contribution in [2.75, 3.05) is 33.0 Å². The summed E-state index contributed by atoms with van der Waals surface area (Å²) in [4.78, 5) is 31.3. The number of carbonyl (C=O) groups excluding carboxylic acids is 2. The van der Waals surface area contributed by atoms with E-state index >= 15 is 0 Å². The van der Waals surface area contributed by atoms with Gasteiger partial charge >= 0.3 is 18.4 Å². The molecule has 2 aromatic carbocycles. The molecule has 15 heteroatoms. The molecule has 236 valence electrons. The summed E-state index contributed by atoms with van der Waals surface area (Å²) in [5, 5.41) is 0. The first-order chi connectivity index (χ1) is 19.8. The lowest BCUT2D eigenvalue weighted by Gasteiger charge is -2.47. The summed E-state index contributed by atoms with van der Waals surface area (Å²) in [5.74, 6) is -1.12. The summed E-state index contributed by atoms with van der Waals surface area (Å²) in [5.41, 5.74) is -1.83. The van der Waals surface area contributed by atoms with Crippen LogP contribution in [-0.4, -0.2) is 74.1 Å². The molecule has 4 rings (SSSR count). The number of nitrogens with zero attached hydrogens (tertiary/aromatic N) is 3. The summed E-state index contributed by atoms with van der Waals surface area (Å²) < 4.78 is 109. The van der Waals surface area contributed by atoms with Crippen molar-refractivity contribution in [2.45, 2.75) is 50.7 Å². The molecule has 0 aliphatic carbocycles. The van der Waals surface area contributed by atoms with Crippen molar-refractivity contribution in [3.05, 3.63) is 70.3 Å². The smallest absolute Gasteiger partial charge is 0.335 e. The second-order valence-corrected chi connectivity index (χ2v) is 12.6. The van der Waals surface area contributed by atoms with Crippen LogP contribution in [0.15, 0.2) is 42.5 Å². The number of hydrogen-bond acceptors (Lipinski definition) is 5. The lowest BCUT2D eigenvalue weighted by atomic mass is 9.89. The lowest BCUT2D eigenvalue weighted by Crippen LogP contribution is -2.57. The molecule has 2 saturated heterocycles. The molecule has 8 nitrogen and oxygen atoms in total. The molecule has 43 heavy (non-hydrogen) atoms. The number of benzene rings is 2. The van der Waals surface area contributed by atoms with Crippen LogP contribution in [0.3, 0.4) is 0 Å². The van der Waals surface area contributed by atoms with E-state index in [1.54, 1.807) is 23.1 Å². The highest BCUT2D eigenvalue weighted by Gasteiger charge is 2.50. The van der Waals surface area contributed by atoms with E-state index in [4.69, 9.17) is 4.18 Å². The number of urea groups is 1. The predicted octanol–water partition coefficient (Wildman–Crippen LogP) is 5.40. The fraction of sp³-hybridized carbons (Fsp3) is 0.500. The molecule has 3 amide bonds. The van der Waals surface area contributed by atoms with Gasteiger partial charge in [-0.3, -0.25) is 8.98 Å². The Balaban J connectivity index is 1.69. The van der Waals surface area contributed by atoms with Crippen molar-refractivity contribution in [2.24, 2.45) is 5.92 Å². The molecule has 2 fully saturated rings. The molecule has 0 bridgehead atoms. The van der Waals surface area contributed by atoms with Gasteiger partial charge in [-0.05, 0) is 55.2 Å². The Bertz CT molecular complexity index is 1460. The molecule has 2 aliphatic heterocycles. The molecule has 0 N–H and O–H groups in total. The molecule has 0 saturated carbocycles. The summed E-state index contributed by atoms with van der Waals surface area (Å²) in [6.07, 6.45) is -9.05. The molecule has 2 heterocycles. The Morgan fingerprint density at radius 3 is 2.16 bits per heavy atom. The number of aryl methyl sites for hydroxylation is 1. The van der Waals surface area contributed by atoms with Crippen LogP contribution in [0, 0.1) is 12.8 Å². The van der Waals surface area contributed by atoms with E-state index in [0.29, 0.717) is 17.7 Å². The van der Waals surface area contributed by atoms with E-state index in [2.05, 4.69) is 0 Å². The average Bonchev–Trinajstić information content (AvgIpc) is 3.24. The quantitative estimate of drug-likeness (QED) is 0.314. The van der Waals surface area contributed by atoms with Crippen LogP contribution in [0.2, 0.25) is 0 Å². The molecular weight excluding hydrogens is 604 g/mol. The van der Waals surface area contributed by atoms with Gasteiger partial charge in [0.1, 0.15) is 0 Å². The summed E-state index contributed by atoms with van der Waals surface area (Å²) in [7, 11) is -2.52. The number of amides is 3. The summed E-state index contributed by atoms with van der Waals surface area (Å²) >= 11 is 0. The topological polar surface area (TPSA) is 87.2 Å². The second kappa shape index (κ2) is 11.6. The maximum atomic E-state index is 14.0. The van der Waals surface area contributed by atoms with Gasteiger partial charge in [-0.25, -0.2) is 4.79 Å². The highest BCUT2D eigenvalue weighted by atomic mass is 32.2. The van der Waals surface area contributed by atoms with E-state index in [0.717, 1.165) is 16.7 Å². The molecule has 0 spiro atoms. The highest BCUT2D eigenvalue weighted by molar-refractivity contribution is 7.85. The van der Waals surface area contributed by atoms with Gasteiger partial charge in [0.15, 0.2) is 0 Å². The zero-order valence-corrected chi connectivity index (χ0v) is 24.6. The van der Waals surface area contributed by atoms with Gasteiger partial charge in [-0.2, -0.15) is 34.8 Å². The molecule has 4 atom stereocenters. The van der Waals surface area contributed by atoms with E-state index in [1.165, 1.54) is 18.9 Å². The monoisotopic (exact) mass is 635 g/mol. The minimum absolute atomic E-state index is 0.0210. The first kappa shape index (κ1) is 32.6. The minimum atomic E-state index is -5.04. The highest BCUT2D eigenvalue weighted by Crippen LogP contribution is 2.43. The molecule has 3 unspecified atom stereocenters. The third kappa shape index (κ3) is 6.92. The van der Waals surface area contributed by atoms with Crippen molar-refractivity contribution in [3.8, 4) is 0 Å². The molecule has 2 aliphatic rings. The Kier molecular flexibility index (Phi) is 8.82. The van der Waals surface area contributed by atoms with Gasteiger partial charge in [0.2, 0.25) is 5.91 Å². The van der Waals surface area contributed by atoms with Crippen molar-refractivity contribution in [1.29, 1.82) is 0 Å². The van der Waals surface area contributed by atoms with Gasteiger partial charge < -0.3 is 14.7 Å². The fourth-order valence-electron chi connectivity index (χ4n) is 5.72. The number of fused-ring (bicyclic) bond motifs is 1. The van der Waals surface area contributed by atoms with Gasteiger partial charge in [0, 0.05) is 20.1 Å². The molecule has 2 aromatic rings. The maximum absolute atomic E-state index is 14.0. The predicted molar refractivity (Wildman–Crippen MR) is 143 cm³/mol. The Hall–Kier alpha value is -3.33. The van der Waals surface area contributed by atoms with Crippen LogP contribution in [-0.2, 0) is 31.4 Å². The summed E-state index contributed by atoms with van der Waals surface area (Å²) in [6.45, 7) is 2.90. The molecule has 0 radical (unpaired) electrons. The number of rotatable bonds is 6. The van der Waals surface area contributed by atoms with Crippen molar-refractivity contribution in [3.63, 3.8) is 0 Å². The zero-order chi connectivity index (χ0) is 32.1. The van der Waals surface area contributed by atoms with Crippen LogP contribution in [0.4, 0.5) is 31.1 Å². The molecular formula is C28H31F6N3O5S. The zero-order valence-electron chi connectivity index (χ0n) is 23.7. The SMILES string of the molecule is Cc1ccccc1C1C2CC(COS(C)(=O)=O)C(=O)N2CCN1C(=O)N(C)[C@H](C)c1cc(C(F)(F)F)cc(C(F)(F)F)c1. The Morgan fingerprint density at radius 2 is 1.63 bits per heavy atom. The van der Waals surface area contributed by atoms with Crippen LogP contribution >= 0.6 is 0 Å². The van der Waals surface area contributed by atoms with Crippen molar-refractivity contribution < 1.29 is 48.5 Å². The Morgan fingerprint density at radius 1 is 1.05 bits per heavy atom. The number of piperazine rings is 1. The van der Waals surface area contributed by atoms with Gasteiger partial charge in [-0.15, -0.1) is 0 Å². The van der Waals surface area contributed by atoms with Gasteiger partial charge in [0.25, 0.3) is 10.1 Å². The number of alkyl halides is 6. The number of hydrogen-bond donors (Lipinski definition) is 0. The average molecular weight is 636 g/mol. The van der Waals surface area contributed by atoms with E-state index < -0.39 is 63.7 Å². The minimum Gasteiger partial charge on any atom is -0.335 e. The van der Waals surface area contributed by atoms with Crippen LogP contribution in [0.25, 0.3) is 0 Å². The molecule has 0 aromatic heterocycles. The van der Waals surface area contributed by atoms with Gasteiger partial charge in [-0.1, -0.05) is 24.3 Å². The first-order valence-corrected chi connectivity index (χ1v) is 15.1. The summed E-state index contributed by atoms with van der Waals surface area (Å²) in [6, 6.07) is 5.21. The largest absolute Gasteiger partial charge is 0.416 e. The lowest BCUT2D eigenvalue weighted by molar-refractivity contribution is -0.143. The van der Waals surface area contributed by atoms with Crippen LogP contribution in [0.1, 0.15) is 53.2 Å². The van der Waals surface area contributed by atoms with E-state index in [1.807, 2.05) is 13.0 Å². The van der Waals surface area contributed by atoms with Crippen molar-refractivity contribution in [1.82, 2.24) is 14.7 Å². The van der Waals surface area contributed by atoms with Crippen LogP contribution in [0.5, 0.6) is 0 Å². The van der Waals surface area contributed by atoms with E-state index in [-0.39, 0.29) is 43.7 Å². The third-order valence-electron chi connectivity index (χ3n) is 8.05. The Labute approximate surface area is 245 Å². The van der Waals surface area contributed by atoms with Crippen LogP contribution < -0.4 is 0 Å². The fourth-order valence-corrected chi connectivity index (χ4v) is 6.13. The van der Waals surface area contributed by atoms with Crippen molar-refractivity contribution >= 4 is 22.1 Å². The first-order valence-electron chi connectivity index (χ1n) is 13.3. The van der Waals surface area contributed by atoms with E-state index in [9.17, 15) is 44.3 Å². The number of halogens is 6. The third-order valence-corrected chi connectivity index (χ3v) is 8.62. The van der Waals surface area contributed by atoms with Gasteiger partial charge in [0.05, 0.1) is 48.0 Å².